The van der Waals surface area contributed by atoms with Gasteiger partial charge in [-0.25, -0.2) is 4.98 Å². The number of carbonyl (C=O) groups excluding carboxylic acids is 1. The molecule has 0 saturated carbocycles. The molecule has 0 unspecified atom stereocenters. The predicted molar refractivity (Wildman–Crippen MR) is 59.3 cm³/mol. The maximum Gasteiger partial charge on any atom is 0.152 e. The van der Waals surface area contributed by atoms with Crippen LogP contribution in [0, 0.1) is 0 Å². The number of nitrogens with zero attached hydrogens (tertiary/aromatic N) is 1. The van der Waals surface area contributed by atoms with Gasteiger partial charge in [0.2, 0.25) is 0 Å². The molecular formula is C11H9NOS. The predicted octanol–water partition coefficient (Wildman–Crippen LogP) is 2.90. The summed E-state index contributed by atoms with van der Waals surface area (Å²) in [6.07, 6.45) is 3.30. The molecule has 0 spiro atoms. The Bertz CT molecular complexity index is 466. The second-order valence-corrected chi connectivity index (χ2v) is 4.03. The van der Waals surface area contributed by atoms with Crippen LogP contribution in [0.1, 0.15) is 11.9 Å². The Morgan fingerprint density at radius 1 is 1.43 bits per heavy atom. The SMILES string of the molecule is CC(=O)/C=C/c1nc2ccccc2s1. The Morgan fingerprint density at radius 3 is 2.93 bits per heavy atom. The van der Waals surface area contributed by atoms with Gasteiger partial charge in [0.05, 0.1) is 10.2 Å². The summed E-state index contributed by atoms with van der Waals surface area (Å²) in [6.45, 7) is 1.53. The number of para-hydroxylation sites is 1. The molecule has 70 valence electrons. The van der Waals surface area contributed by atoms with Gasteiger partial charge in [0.25, 0.3) is 0 Å². The van der Waals surface area contributed by atoms with E-state index in [0.717, 1.165) is 15.2 Å². The molecule has 1 aromatic carbocycles. The summed E-state index contributed by atoms with van der Waals surface area (Å²) >= 11 is 1.59. The summed E-state index contributed by atoms with van der Waals surface area (Å²) in [6, 6.07) is 7.94. The van der Waals surface area contributed by atoms with Gasteiger partial charge in [-0.1, -0.05) is 12.1 Å². The van der Waals surface area contributed by atoms with Crippen molar-refractivity contribution in [3.05, 3.63) is 35.3 Å². The molecule has 0 aliphatic heterocycles. The van der Waals surface area contributed by atoms with Crippen LogP contribution in [0.3, 0.4) is 0 Å². The van der Waals surface area contributed by atoms with Crippen molar-refractivity contribution in [3.8, 4) is 0 Å². The Balaban J connectivity index is 2.40. The highest BCUT2D eigenvalue weighted by molar-refractivity contribution is 7.19. The third-order valence-electron chi connectivity index (χ3n) is 1.77. The summed E-state index contributed by atoms with van der Waals surface area (Å²) in [5, 5.41) is 0.876. The first-order valence-electron chi connectivity index (χ1n) is 4.30. The van der Waals surface area contributed by atoms with Crippen LogP contribution in [-0.4, -0.2) is 10.8 Å². The number of benzene rings is 1. The zero-order valence-electron chi connectivity index (χ0n) is 7.73. The Labute approximate surface area is 85.9 Å². The standard InChI is InChI=1S/C11H9NOS/c1-8(13)6-7-11-12-9-4-2-3-5-10(9)14-11/h2-7H,1H3/b7-6+. The molecular weight excluding hydrogens is 194 g/mol. The summed E-state index contributed by atoms with van der Waals surface area (Å²) in [7, 11) is 0. The highest BCUT2D eigenvalue weighted by atomic mass is 32.1. The molecule has 0 atom stereocenters. The van der Waals surface area contributed by atoms with Gasteiger partial charge >= 0.3 is 0 Å². The van der Waals surface area contributed by atoms with E-state index in [9.17, 15) is 4.79 Å². The molecule has 0 fully saturated rings. The summed E-state index contributed by atoms with van der Waals surface area (Å²) in [5.41, 5.74) is 0.987. The molecule has 0 aliphatic rings. The minimum absolute atomic E-state index is 0.0456. The second-order valence-electron chi connectivity index (χ2n) is 2.96. The van der Waals surface area contributed by atoms with Crippen molar-refractivity contribution in [1.82, 2.24) is 4.98 Å². The molecule has 0 amide bonds. The quantitative estimate of drug-likeness (QED) is 0.702. The summed E-state index contributed by atoms with van der Waals surface area (Å²) < 4.78 is 1.15. The Kier molecular flexibility index (Phi) is 2.41. The van der Waals surface area contributed by atoms with Crippen LogP contribution in [0.25, 0.3) is 16.3 Å². The van der Waals surface area contributed by atoms with E-state index >= 15 is 0 Å². The second kappa shape index (κ2) is 3.72. The molecule has 1 heterocycles. The molecule has 14 heavy (non-hydrogen) atoms. The molecule has 0 bridgehead atoms. The third kappa shape index (κ3) is 1.88. The zero-order chi connectivity index (χ0) is 9.97. The first-order valence-corrected chi connectivity index (χ1v) is 5.11. The van der Waals surface area contributed by atoms with Gasteiger partial charge in [0.1, 0.15) is 5.01 Å². The number of aromatic nitrogens is 1. The maximum absolute atomic E-state index is 10.7. The molecule has 2 nitrogen and oxygen atoms in total. The molecule has 0 N–H and O–H groups in total. The number of hydrogen-bond donors (Lipinski definition) is 0. The fraction of sp³-hybridized carbons (Fsp3) is 0.0909. The van der Waals surface area contributed by atoms with Gasteiger partial charge in [-0.05, 0) is 31.2 Å². The van der Waals surface area contributed by atoms with Gasteiger partial charge in [0, 0.05) is 0 Å². The van der Waals surface area contributed by atoms with E-state index in [1.807, 2.05) is 24.3 Å². The highest BCUT2D eigenvalue weighted by Crippen LogP contribution is 2.22. The van der Waals surface area contributed by atoms with Crippen molar-refractivity contribution in [1.29, 1.82) is 0 Å². The van der Waals surface area contributed by atoms with Gasteiger partial charge in [-0.15, -0.1) is 11.3 Å². The van der Waals surface area contributed by atoms with Gasteiger partial charge < -0.3 is 0 Å². The molecule has 3 heteroatoms. The molecule has 2 aromatic rings. The van der Waals surface area contributed by atoms with E-state index in [0.29, 0.717) is 0 Å². The number of carbonyl (C=O) groups is 1. The topological polar surface area (TPSA) is 30.0 Å². The van der Waals surface area contributed by atoms with Crippen LogP contribution in [0.4, 0.5) is 0 Å². The van der Waals surface area contributed by atoms with Crippen molar-refractivity contribution < 1.29 is 4.79 Å². The van der Waals surface area contributed by atoms with Gasteiger partial charge in [0.15, 0.2) is 5.78 Å². The van der Waals surface area contributed by atoms with Crippen LogP contribution in [0.15, 0.2) is 30.3 Å². The third-order valence-corrected chi connectivity index (χ3v) is 2.77. The van der Waals surface area contributed by atoms with E-state index in [-0.39, 0.29) is 5.78 Å². The maximum atomic E-state index is 10.7. The van der Waals surface area contributed by atoms with Crippen molar-refractivity contribution in [2.24, 2.45) is 0 Å². The number of thiazole rings is 1. The van der Waals surface area contributed by atoms with E-state index in [1.165, 1.54) is 13.0 Å². The number of rotatable bonds is 2. The number of fused-ring (bicyclic) bond motifs is 1. The normalized spacial score (nSPS) is 11.2. The lowest BCUT2D eigenvalue weighted by Gasteiger charge is -1.80. The fourth-order valence-electron chi connectivity index (χ4n) is 1.15. The number of ketones is 1. The molecule has 0 saturated heterocycles. The molecule has 1 aromatic heterocycles. The van der Waals surface area contributed by atoms with Crippen LogP contribution >= 0.6 is 11.3 Å². The first-order chi connectivity index (χ1) is 6.75. The molecule has 0 aliphatic carbocycles. The van der Waals surface area contributed by atoms with Gasteiger partial charge in [-0.3, -0.25) is 4.79 Å². The van der Waals surface area contributed by atoms with Crippen LogP contribution in [0.2, 0.25) is 0 Å². The van der Waals surface area contributed by atoms with Crippen molar-refractivity contribution in [3.63, 3.8) is 0 Å². The van der Waals surface area contributed by atoms with E-state index in [2.05, 4.69) is 4.98 Å². The Morgan fingerprint density at radius 2 is 2.21 bits per heavy atom. The van der Waals surface area contributed by atoms with Crippen molar-refractivity contribution >= 4 is 33.4 Å². The fourth-order valence-corrected chi connectivity index (χ4v) is 2.02. The number of hydrogen-bond acceptors (Lipinski definition) is 3. The van der Waals surface area contributed by atoms with Crippen LogP contribution in [0.5, 0.6) is 0 Å². The summed E-state index contributed by atoms with van der Waals surface area (Å²) in [4.78, 5) is 15.1. The van der Waals surface area contributed by atoms with Gasteiger partial charge in [-0.2, -0.15) is 0 Å². The van der Waals surface area contributed by atoms with Crippen molar-refractivity contribution in [2.75, 3.05) is 0 Å². The monoisotopic (exact) mass is 203 g/mol. The number of allylic oxidation sites excluding steroid dienone is 1. The Hall–Kier alpha value is -1.48. The molecule has 2 rings (SSSR count). The minimum Gasteiger partial charge on any atom is -0.295 e. The van der Waals surface area contributed by atoms with E-state index < -0.39 is 0 Å². The largest absolute Gasteiger partial charge is 0.295 e. The minimum atomic E-state index is 0.0456. The van der Waals surface area contributed by atoms with Crippen LogP contribution < -0.4 is 0 Å². The lowest BCUT2D eigenvalue weighted by molar-refractivity contribution is -0.112. The molecule has 0 radical (unpaired) electrons. The summed E-state index contributed by atoms with van der Waals surface area (Å²) in [5.74, 6) is 0.0456. The van der Waals surface area contributed by atoms with E-state index in [4.69, 9.17) is 0 Å². The van der Waals surface area contributed by atoms with E-state index in [1.54, 1.807) is 17.4 Å². The lowest BCUT2D eigenvalue weighted by atomic mass is 10.3. The zero-order valence-corrected chi connectivity index (χ0v) is 8.54. The highest BCUT2D eigenvalue weighted by Gasteiger charge is 1.98. The lowest BCUT2D eigenvalue weighted by Crippen LogP contribution is -1.78. The smallest absolute Gasteiger partial charge is 0.152 e. The van der Waals surface area contributed by atoms with Crippen molar-refractivity contribution in [2.45, 2.75) is 6.92 Å². The average Bonchev–Trinajstić information content (AvgIpc) is 2.57. The first kappa shape index (κ1) is 9.09. The van der Waals surface area contributed by atoms with Crippen LogP contribution in [-0.2, 0) is 4.79 Å². The average molecular weight is 203 g/mol.